The topological polar surface area (TPSA) is 64.2 Å². The van der Waals surface area contributed by atoms with Gasteiger partial charge >= 0.3 is 0 Å². The number of nitrogens with zero attached hydrogens (tertiary/aromatic N) is 1. The second-order valence-electron chi connectivity index (χ2n) is 6.29. The van der Waals surface area contributed by atoms with Crippen LogP contribution in [0.5, 0.6) is 11.5 Å². The normalized spacial score (nSPS) is 10.9. The molecule has 0 radical (unpaired) electrons. The number of hydrogen-bond acceptors (Lipinski definition) is 4. The minimum absolute atomic E-state index is 0.197. The Morgan fingerprint density at radius 3 is 2.48 bits per heavy atom. The standard InChI is InChI=1S/C22H16Br2N2O3/c1-28-17-11-15(21-25-16-10-6-5-9-14(16)22(27)26-21)18(23)19(24)20(17)29-12-13-7-3-2-4-8-13/h2-11H,12H2,1H3,(H,25,26,27). The maximum absolute atomic E-state index is 12.5. The first-order chi connectivity index (χ1) is 14.1. The van der Waals surface area contributed by atoms with E-state index >= 15 is 0 Å². The minimum Gasteiger partial charge on any atom is -0.493 e. The maximum atomic E-state index is 12.5. The van der Waals surface area contributed by atoms with Gasteiger partial charge in [-0.15, -0.1) is 0 Å². The van der Waals surface area contributed by atoms with Crippen LogP contribution >= 0.6 is 31.9 Å². The van der Waals surface area contributed by atoms with Crippen LogP contribution in [-0.2, 0) is 6.61 Å². The summed E-state index contributed by atoms with van der Waals surface area (Å²) >= 11 is 7.19. The van der Waals surface area contributed by atoms with E-state index in [4.69, 9.17) is 9.47 Å². The average molecular weight is 516 g/mol. The van der Waals surface area contributed by atoms with Crippen LogP contribution in [0.1, 0.15) is 5.56 Å². The molecule has 0 saturated heterocycles. The van der Waals surface area contributed by atoms with Crippen molar-refractivity contribution in [2.75, 3.05) is 7.11 Å². The van der Waals surface area contributed by atoms with Crippen molar-refractivity contribution in [1.82, 2.24) is 9.97 Å². The number of nitrogens with one attached hydrogen (secondary N) is 1. The van der Waals surface area contributed by atoms with Crippen molar-refractivity contribution in [3.63, 3.8) is 0 Å². The SMILES string of the molecule is COc1cc(-c2nc3ccccc3c(=O)[nH]2)c(Br)c(Br)c1OCc1ccccc1. The molecule has 5 nitrogen and oxygen atoms in total. The Morgan fingerprint density at radius 2 is 1.72 bits per heavy atom. The molecule has 0 fully saturated rings. The molecule has 0 spiro atoms. The molecule has 0 aliphatic carbocycles. The lowest BCUT2D eigenvalue weighted by Crippen LogP contribution is -2.10. The molecule has 0 saturated carbocycles. The smallest absolute Gasteiger partial charge is 0.259 e. The fourth-order valence-electron chi connectivity index (χ4n) is 2.99. The zero-order chi connectivity index (χ0) is 20.4. The number of aromatic nitrogens is 2. The third kappa shape index (κ3) is 3.93. The molecule has 0 unspecified atom stereocenters. The monoisotopic (exact) mass is 514 g/mol. The fourth-order valence-corrected chi connectivity index (χ4v) is 3.99. The summed E-state index contributed by atoms with van der Waals surface area (Å²) in [7, 11) is 1.57. The van der Waals surface area contributed by atoms with E-state index in [2.05, 4.69) is 41.8 Å². The van der Waals surface area contributed by atoms with Gasteiger partial charge in [0, 0.05) is 10.0 Å². The molecular weight excluding hydrogens is 500 g/mol. The van der Waals surface area contributed by atoms with Gasteiger partial charge in [0.1, 0.15) is 12.4 Å². The van der Waals surface area contributed by atoms with Gasteiger partial charge in [0.25, 0.3) is 5.56 Å². The van der Waals surface area contributed by atoms with Gasteiger partial charge in [-0.25, -0.2) is 4.98 Å². The predicted molar refractivity (Wildman–Crippen MR) is 121 cm³/mol. The molecular formula is C22H16Br2N2O3. The van der Waals surface area contributed by atoms with Gasteiger partial charge in [0.15, 0.2) is 11.5 Å². The molecule has 0 aliphatic rings. The van der Waals surface area contributed by atoms with Gasteiger partial charge < -0.3 is 14.5 Å². The Balaban J connectivity index is 1.78. The molecule has 3 aromatic carbocycles. The molecule has 0 bridgehead atoms. The molecule has 0 atom stereocenters. The van der Waals surface area contributed by atoms with Crippen LogP contribution < -0.4 is 15.0 Å². The number of fused-ring (bicyclic) bond motifs is 1. The second-order valence-corrected chi connectivity index (χ2v) is 7.88. The van der Waals surface area contributed by atoms with E-state index in [9.17, 15) is 4.79 Å². The first-order valence-electron chi connectivity index (χ1n) is 8.80. The predicted octanol–water partition coefficient (Wildman–Crippen LogP) is 5.70. The van der Waals surface area contributed by atoms with Crippen molar-refractivity contribution in [1.29, 1.82) is 0 Å². The van der Waals surface area contributed by atoms with E-state index in [0.29, 0.717) is 49.3 Å². The lowest BCUT2D eigenvalue weighted by molar-refractivity contribution is 0.282. The summed E-state index contributed by atoms with van der Waals surface area (Å²) in [5.41, 5.74) is 2.15. The third-order valence-corrected chi connectivity index (χ3v) is 6.55. The molecule has 29 heavy (non-hydrogen) atoms. The summed E-state index contributed by atoms with van der Waals surface area (Å²) in [5, 5.41) is 0.543. The maximum Gasteiger partial charge on any atom is 0.259 e. The number of rotatable bonds is 5. The van der Waals surface area contributed by atoms with Crippen molar-refractivity contribution in [3.05, 3.63) is 85.5 Å². The van der Waals surface area contributed by atoms with E-state index in [1.54, 1.807) is 19.2 Å². The summed E-state index contributed by atoms with van der Waals surface area (Å²) in [6, 6.07) is 18.9. The van der Waals surface area contributed by atoms with Crippen LogP contribution in [-0.4, -0.2) is 17.1 Å². The van der Waals surface area contributed by atoms with Crippen molar-refractivity contribution in [3.8, 4) is 22.9 Å². The number of H-pyrrole nitrogens is 1. The Morgan fingerprint density at radius 1 is 1.00 bits per heavy atom. The molecule has 4 rings (SSSR count). The Bertz CT molecular complexity index is 1240. The van der Waals surface area contributed by atoms with Gasteiger partial charge in [0.2, 0.25) is 0 Å². The molecule has 1 N–H and O–H groups in total. The van der Waals surface area contributed by atoms with E-state index in [1.165, 1.54) is 0 Å². The Hall–Kier alpha value is -2.64. The van der Waals surface area contributed by atoms with E-state index < -0.39 is 0 Å². The van der Waals surface area contributed by atoms with Gasteiger partial charge in [-0.1, -0.05) is 42.5 Å². The van der Waals surface area contributed by atoms with E-state index in [-0.39, 0.29) is 5.56 Å². The number of para-hydroxylation sites is 1. The largest absolute Gasteiger partial charge is 0.493 e. The van der Waals surface area contributed by atoms with Crippen molar-refractivity contribution >= 4 is 42.8 Å². The fraction of sp³-hybridized carbons (Fsp3) is 0.0909. The highest BCUT2D eigenvalue weighted by molar-refractivity contribution is 9.13. The highest BCUT2D eigenvalue weighted by atomic mass is 79.9. The van der Waals surface area contributed by atoms with Crippen molar-refractivity contribution < 1.29 is 9.47 Å². The van der Waals surface area contributed by atoms with E-state index in [1.807, 2.05) is 48.5 Å². The number of benzene rings is 3. The highest BCUT2D eigenvalue weighted by Crippen LogP contribution is 2.45. The molecule has 0 amide bonds. The number of hydrogen-bond donors (Lipinski definition) is 1. The summed E-state index contributed by atoms with van der Waals surface area (Å²) in [6.07, 6.45) is 0. The van der Waals surface area contributed by atoms with Crippen LogP contribution in [0.25, 0.3) is 22.3 Å². The van der Waals surface area contributed by atoms with Crippen LogP contribution in [0, 0.1) is 0 Å². The lowest BCUT2D eigenvalue weighted by Gasteiger charge is -2.16. The molecule has 4 aromatic rings. The minimum atomic E-state index is -0.197. The quantitative estimate of drug-likeness (QED) is 0.370. The molecule has 146 valence electrons. The summed E-state index contributed by atoms with van der Waals surface area (Å²) < 4.78 is 13.0. The van der Waals surface area contributed by atoms with Gasteiger partial charge in [-0.3, -0.25) is 4.79 Å². The second kappa shape index (κ2) is 8.39. The zero-order valence-electron chi connectivity index (χ0n) is 15.4. The van der Waals surface area contributed by atoms with Crippen LogP contribution in [0.2, 0.25) is 0 Å². The molecule has 0 aliphatic heterocycles. The molecule has 1 heterocycles. The van der Waals surface area contributed by atoms with Crippen molar-refractivity contribution in [2.45, 2.75) is 6.61 Å². The first-order valence-corrected chi connectivity index (χ1v) is 10.4. The van der Waals surface area contributed by atoms with Crippen LogP contribution in [0.15, 0.2) is 74.4 Å². The number of ether oxygens (including phenoxy) is 2. The van der Waals surface area contributed by atoms with Crippen molar-refractivity contribution in [2.24, 2.45) is 0 Å². The Labute approximate surface area is 184 Å². The van der Waals surface area contributed by atoms with Gasteiger partial charge in [-0.05, 0) is 55.6 Å². The van der Waals surface area contributed by atoms with Crippen LogP contribution in [0.4, 0.5) is 0 Å². The summed E-state index contributed by atoms with van der Waals surface area (Å²) in [4.78, 5) is 19.9. The molecule has 7 heteroatoms. The zero-order valence-corrected chi connectivity index (χ0v) is 18.6. The lowest BCUT2D eigenvalue weighted by atomic mass is 10.1. The third-order valence-electron chi connectivity index (χ3n) is 4.44. The van der Waals surface area contributed by atoms with Gasteiger partial charge in [-0.2, -0.15) is 0 Å². The van der Waals surface area contributed by atoms with E-state index in [0.717, 1.165) is 5.56 Å². The summed E-state index contributed by atoms with van der Waals surface area (Å²) in [5.74, 6) is 1.53. The number of halogens is 2. The Kier molecular flexibility index (Phi) is 5.69. The number of methoxy groups -OCH3 is 1. The van der Waals surface area contributed by atoms with Crippen LogP contribution in [0.3, 0.4) is 0 Å². The summed E-state index contributed by atoms with van der Waals surface area (Å²) in [6.45, 7) is 0.395. The number of aromatic amines is 1. The first kappa shape index (κ1) is 19.7. The average Bonchev–Trinajstić information content (AvgIpc) is 2.75. The highest BCUT2D eigenvalue weighted by Gasteiger charge is 2.20. The van der Waals surface area contributed by atoms with Gasteiger partial charge in [0.05, 0.1) is 22.5 Å². The molecule has 1 aromatic heterocycles.